The number of nitrogens with one attached hydrogen (secondary N) is 1. The number of benzene rings is 3. The summed E-state index contributed by atoms with van der Waals surface area (Å²) in [6.07, 6.45) is -8.12. The number of hydroxylamine groups is 1. The monoisotopic (exact) mass is 670 g/mol. The first-order valence-electron chi connectivity index (χ1n) is 14.3. The molecule has 3 heterocycles. The van der Waals surface area contributed by atoms with Gasteiger partial charge >= 0.3 is 18.3 Å². The molecule has 0 radical (unpaired) electrons. The molecule has 3 aromatic carbocycles. The molecule has 0 saturated carbocycles. The Morgan fingerprint density at radius 1 is 1.06 bits per heavy atom. The van der Waals surface area contributed by atoms with Crippen LogP contribution in [-0.4, -0.2) is 44.0 Å². The van der Waals surface area contributed by atoms with Crippen molar-refractivity contribution >= 4 is 28.6 Å². The number of amides is 2. The summed E-state index contributed by atoms with van der Waals surface area (Å²) < 4.78 is 68.7. The fraction of sp³-hybridized carbons (Fsp3) is 0.250. The van der Waals surface area contributed by atoms with Gasteiger partial charge in [0.25, 0.3) is 0 Å². The van der Waals surface area contributed by atoms with Crippen molar-refractivity contribution in [1.29, 1.82) is 0 Å². The van der Waals surface area contributed by atoms with Gasteiger partial charge in [0.05, 0.1) is 11.4 Å². The quantitative estimate of drug-likeness (QED) is 0.157. The maximum absolute atomic E-state index is 13.2. The van der Waals surface area contributed by atoms with Gasteiger partial charge in [0, 0.05) is 22.9 Å². The van der Waals surface area contributed by atoms with Crippen LogP contribution >= 0.6 is 11.8 Å². The third kappa shape index (κ3) is 6.72. The van der Waals surface area contributed by atoms with Crippen LogP contribution in [0.25, 0.3) is 17.1 Å². The molecular weight excluding hydrogens is 643 g/mol. The Bertz CT molecular complexity index is 1860. The van der Waals surface area contributed by atoms with Gasteiger partial charge in [-0.05, 0) is 60.9 Å². The summed E-state index contributed by atoms with van der Waals surface area (Å²) in [6.45, 7) is 5.95. The summed E-state index contributed by atoms with van der Waals surface area (Å²) in [5.41, 5.74) is 8.60. The summed E-state index contributed by atoms with van der Waals surface area (Å²) in [4.78, 5) is 28.9. The van der Waals surface area contributed by atoms with E-state index in [2.05, 4.69) is 56.5 Å². The molecule has 1 aromatic heterocycles. The molecule has 2 amide bonds. The van der Waals surface area contributed by atoms with Gasteiger partial charge in [-0.2, -0.15) is 26.9 Å². The number of ether oxygens (including phenoxy) is 1. The van der Waals surface area contributed by atoms with E-state index in [1.807, 2.05) is 11.8 Å². The maximum atomic E-state index is 13.2. The molecule has 15 heteroatoms. The number of nitrogens with zero attached hydrogens (tertiary/aromatic N) is 5. The Labute approximate surface area is 270 Å². The number of hydrogen-bond donors (Lipinski definition) is 1. The average Bonchev–Trinajstić information content (AvgIpc) is 3.67. The lowest BCUT2D eigenvalue weighted by Crippen LogP contribution is -2.41. The molecule has 6 rings (SSSR count). The number of rotatable bonds is 7. The predicted octanol–water partition coefficient (Wildman–Crippen LogP) is 8.09. The van der Waals surface area contributed by atoms with Crippen LogP contribution in [0.3, 0.4) is 0 Å². The van der Waals surface area contributed by atoms with E-state index in [-0.39, 0.29) is 5.92 Å². The highest BCUT2D eigenvalue weighted by Crippen LogP contribution is 2.43. The molecule has 2 unspecified atom stereocenters. The van der Waals surface area contributed by atoms with Crippen molar-refractivity contribution < 1.29 is 36.3 Å². The zero-order chi connectivity index (χ0) is 33.5. The highest BCUT2D eigenvalue weighted by Gasteiger charge is 2.61. The third-order valence-corrected chi connectivity index (χ3v) is 8.49. The molecular formula is C32H27F5N6O3S. The molecule has 47 heavy (non-hydrogen) atoms. The van der Waals surface area contributed by atoms with Crippen LogP contribution in [0.5, 0.6) is 5.75 Å². The number of allylic oxidation sites excluding steroid dienone is 1. The first-order valence-corrected chi connectivity index (χ1v) is 15.3. The lowest BCUT2D eigenvalue weighted by atomic mass is 9.93. The smallest absolute Gasteiger partial charge is 0.426 e. The van der Waals surface area contributed by atoms with E-state index in [0.717, 1.165) is 34.6 Å². The molecule has 2 aliphatic heterocycles. The molecule has 0 spiro atoms. The van der Waals surface area contributed by atoms with Crippen molar-refractivity contribution in [2.24, 2.45) is 4.99 Å². The van der Waals surface area contributed by atoms with Crippen molar-refractivity contribution in [3.05, 3.63) is 102 Å². The SMILES string of the molecule is Cc1ccc2c(c1)N1C(=CC2C)CS/C1=N\C(=O)NOC(C)c1ccc(-c2ncn(-c3ccc(OC(F)(F)C(F)(F)F)cc3)n2)cc1. The van der Waals surface area contributed by atoms with Crippen molar-refractivity contribution in [3.63, 3.8) is 0 Å². The number of aryl methyl sites for hydroxylation is 1. The Morgan fingerprint density at radius 2 is 1.79 bits per heavy atom. The molecule has 2 atom stereocenters. The molecule has 0 bridgehead atoms. The molecule has 9 nitrogen and oxygen atoms in total. The molecule has 1 fully saturated rings. The van der Waals surface area contributed by atoms with Crippen LogP contribution in [0.15, 0.2) is 89.8 Å². The fourth-order valence-electron chi connectivity index (χ4n) is 5.08. The number of hydrogen-bond acceptors (Lipinski definition) is 6. The lowest BCUT2D eigenvalue weighted by Gasteiger charge is -2.30. The predicted molar refractivity (Wildman–Crippen MR) is 167 cm³/mol. The number of carbonyl (C=O) groups excluding carboxylic acids is 1. The second-order valence-electron chi connectivity index (χ2n) is 10.9. The number of aliphatic imine (C=N–C) groups is 1. The zero-order valence-corrected chi connectivity index (χ0v) is 25.9. The normalized spacial score (nSPS) is 17.6. The summed E-state index contributed by atoms with van der Waals surface area (Å²) in [5, 5.41) is 4.93. The van der Waals surface area contributed by atoms with E-state index in [0.29, 0.717) is 28.0 Å². The van der Waals surface area contributed by atoms with Gasteiger partial charge < -0.3 is 4.74 Å². The number of aromatic nitrogens is 3. The van der Waals surface area contributed by atoms with Crippen LogP contribution in [0.4, 0.5) is 32.4 Å². The van der Waals surface area contributed by atoms with Gasteiger partial charge in [0.15, 0.2) is 11.0 Å². The van der Waals surface area contributed by atoms with Gasteiger partial charge in [0.2, 0.25) is 0 Å². The third-order valence-electron chi connectivity index (χ3n) is 7.52. The zero-order valence-electron chi connectivity index (χ0n) is 25.1. The van der Waals surface area contributed by atoms with Gasteiger partial charge in [-0.1, -0.05) is 61.2 Å². The van der Waals surface area contributed by atoms with Gasteiger partial charge in [-0.3, -0.25) is 9.74 Å². The fourth-order valence-corrected chi connectivity index (χ4v) is 6.07. The first-order chi connectivity index (χ1) is 22.3. The standard InChI is InChI=1S/C32H27F5N6O3S/c1-18-4-13-26-19(2)15-24-16-47-30(43(24)27(26)14-18)39-29(44)41-46-20(3)21-5-7-22(8-6-21)28-38-17-42(40-28)23-9-11-25(12-10-23)45-32(36,37)31(33,34)35/h4-15,17,19-20H,16H2,1-3H3,(H,41,44)/b39-30-. The molecule has 1 N–H and O–H groups in total. The van der Waals surface area contributed by atoms with E-state index in [9.17, 15) is 26.7 Å². The molecule has 0 aliphatic carbocycles. The largest absolute Gasteiger partial charge is 0.499 e. The molecule has 1 saturated heterocycles. The number of anilines is 1. The van der Waals surface area contributed by atoms with Crippen molar-refractivity contribution in [3.8, 4) is 22.8 Å². The number of amidine groups is 1. The van der Waals surface area contributed by atoms with Crippen LogP contribution in [0, 0.1) is 6.92 Å². The van der Waals surface area contributed by atoms with E-state index in [1.165, 1.54) is 40.5 Å². The second kappa shape index (κ2) is 12.4. The summed E-state index contributed by atoms with van der Waals surface area (Å²) in [5.74, 6) is 0.662. The minimum Gasteiger partial charge on any atom is -0.426 e. The number of fused-ring (bicyclic) bond motifs is 3. The number of carbonyl (C=O) groups is 1. The number of halogens is 5. The first kappa shape index (κ1) is 32.2. The van der Waals surface area contributed by atoms with Crippen molar-refractivity contribution in [2.45, 2.75) is 45.1 Å². The average molecular weight is 671 g/mol. The van der Waals surface area contributed by atoms with E-state index in [1.54, 1.807) is 31.2 Å². The van der Waals surface area contributed by atoms with Crippen LogP contribution in [0.2, 0.25) is 0 Å². The van der Waals surface area contributed by atoms with Crippen molar-refractivity contribution in [1.82, 2.24) is 20.2 Å². The summed E-state index contributed by atoms with van der Waals surface area (Å²) in [7, 11) is 0. The molecule has 244 valence electrons. The highest BCUT2D eigenvalue weighted by molar-refractivity contribution is 8.14. The van der Waals surface area contributed by atoms with Crippen LogP contribution in [-0.2, 0) is 4.84 Å². The van der Waals surface area contributed by atoms with Gasteiger partial charge in [-0.25, -0.2) is 19.9 Å². The van der Waals surface area contributed by atoms with Gasteiger partial charge in [0.1, 0.15) is 18.2 Å². The van der Waals surface area contributed by atoms with Crippen LogP contribution < -0.4 is 15.1 Å². The second-order valence-corrected chi connectivity index (χ2v) is 11.9. The lowest BCUT2D eigenvalue weighted by molar-refractivity contribution is -0.360. The van der Waals surface area contributed by atoms with E-state index >= 15 is 0 Å². The highest BCUT2D eigenvalue weighted by atomic mass is 32.2. The van der Waals surface area contributed by atoms with E-state index in [4.69, 9.17) is 4.84 Å². The number of thioether (sulfide) groups is 1. The molecule has 2 aliphatic rings. The Kier molecular flexibility index (Phi) is 8.53. The number of urea groups is 1. The number of alkyl halides is 5. The van der Waals surface area contributed by atoms with E-state index < -0.39 is 30.2 Å². The van der Waals surface area contributed by atoms with Gasteiger partial charge in [-0.15, -0.1) is 5.10 Å². The summed E-state index contributed by atoms with van der Waals surface area (Å²) in [6, 6.07) is 17.2. The van der Waals surface area contributed by atoms with Crippen LogP contribution in [0.1, 0.15) is 42.6 Å². The summed E-state index contributed by atoms with van der Waals surface area (Å²) >= 11 is 1.49. The minimum atomic E-state index is -5.84. The van der Waals surface area contributed by atoms with Crippen molar-refractivity contribution in [2.75, 3.05) is 10.7 Å². The Morgan fingerprint density at radius 3 is 2.49 bits per heavy atom. The molecule has 4 aromatic rings. The topological polar surface area (TPSA) is 93.9 Å². The Balaban J connectivity index is 1.06. The minimum absolute atomic E-state index is 0.267. The maximum Gasteiger partial charge on any atom is 0.499 e. The Hall–Kier alpha value is -4.76.